The van der Waals surface area contributed by atoms with Crippen molar-refractivity contribution in [2.24, 2.45) is 5.41 Å². The Hall–Kier alpha value is -0.160. The maximum atomic E-state index is 9.68. The van der Waals surface area contributed by atoms with Crippen LogP contribution in [0, 0.1) is 5.41 Å². The summed E-state index contributed by atoms with van der Waals surface area (Å²) in [5.41, 5.74) is 0.0542. The zero-order valence-corrected chi connectivity index (χ0v) is 11.1. The maximum Gasteiger partial charge on any atom is 0.0897 e. The fourth-order valence-corrected chi connectivity index (χ4v) is 2.38. The summed E-state index contributed by atoms with van der Waals surface area (Å²) in [6.45, 7) is 5.87. The SMILES string of the molecule is CC(C)OCC(O)CNCC1(CO)CCCC1. The maximum absolute atomic E-state index is 9.68. The minimum absolute atomic E-state index is 0.0542. The third-order valence-corrected chi connectivity index (χ3v) is 3.50. The van der Waals surface area contributed by atoms with Crippen molar-refractivity contribution in [1.82, 2.24) is 5.32 Å². The van der Waals surface area contributed by atoms with E-state index in [0.29, 0.717) is 13.2 Å². The summed E-state index contributed by atoms with van der Waals surface area (Å²) in [5.74, 6) is 0. The molecule has 0 radical (unpaired) electrons. The molecule has 1 aliphatic carbocycles. The first-order valence-corrected chi connectivity index (χ1v) is 6.69. The Balaban J connectivity index is 2.13. The fourth-order valence-electron chi connectivity index (χ4n) is 2.38. The molecule has 17 heavy (non-hydrogen) atoms. The smallest absolute Gasteiger partial charge is 0.0897 e. The van der Waals surface area contributed by atoms with E-state index in [1.807, 2.05) is 13.8 Å². The van der Waals surface area contributed by atoms with Gasteiger partial charge in [0.15, 0.2) is 0 Å². The van der Waals surface area contributed by atoms with Crippen molar-refractivity contribution in [3.8, 4) is 0 Å². The molecule has 0 aromatic heterocycles. The molecule has 1 atom stereocenters. The Morgan fingerprint density at radius 2 is 1.94 bits per heavy atom. The van der Waals surface area contributed by atoms with Crippen LogP contribution in [0.4, 0.5) is 0 Å². The molecule has 0 aromatic carbocycles. The van der Waals surface area contributed by atoms with E-state index >= 15 is 0 Å². The minimum Gasteiger partial charge on any atom is -0.396 e. The van der Waals surface area contributed by atoms with Gasteiger partial charge in [0.1, 0.15) is 0 Å². The Kier molecular flexibility index (Phi) is 6.41. The predicted octanol–water partition coefficient (Wildman–Crippen LogP) is 0.915. The third kappa shape index (κ3) is 5.34. The second kappa shape index (κ2) is 7.31. The number of hydrogen-bond donors (Lipinski definition) is 3. The van der Waals surface area contributed by atoms with Gasteiger partial charge in [-0.05, 0) is 26.7 Å². The van der Waals surface area contributed by atoms with Crippen LogP contribution in [0.3, 0.4) is 0 Å². The first-order valence-electron chi connectivity index (χ1n) is 6.69. The quantitative estimate of drug-likeness (QED) is 0.595. The van der Waals surface area contributed by atoms with Crippen molar-refractivity contribution in [3.63, 3.8) is 0 Å². The highest BCUT2D eigenvalue weighted by molar-refractivity contribution is 4.86. The Bertz CT molecular complexity index is 203. The summed E-state index contributed by atoms with van der Waals surface area (Å²) in [7, 11) is 0. The molecular formula is C13H27NO3. The molecule has 4 heteroatoms. The standard InChI is InChI=1S/C13H27NO3/c1-11(2)17-8-12(16)7-14-9-13(10-15)5-3-4-6-13/h11-12,14-16H,3-10H2,1-2H3. The molecule has 1 unspecified atom stereocenters. The monoisotopic (exact) mass is 245 g/mol. The molecule has 1 aliphatic rings. The van der Waals surface area contributed by atoms with Gasteiger partial charge in [-0.1, -0.05) is 12.8 Å². The number of aliphatic hydroxyl groups excluding tert-OH is 2. The van der Waals surface area contributed by atoms with Gasteiger partial charge in [-0.25, -0.2) is 0 Å². The predicted molar refractivity (Wildman–Crippen MR) is 68.0 cm³/mol. The second-order valence-electron chi connectivity index (χ2n) is 5.53. The molecule has 4 nitrogen and oxygen atoms in total. The molecule has 0 aromatic rings. The number of hydrogen-bond acceptors (Lipinski definition) is 4. The molecule has 0 aliphatic heterocycles. The third-order valence-electron chi connectivity index (χ3n) is 3.50. The van der Waals surface area contributed by atoms with E-state index in [0.717, 1.165) is 19.4 Å². The lowest BCUT2D eigenvalue weighted by Gasteiger charge is -2.27. The highest BCUT2D eigenvalue weighted by Crippen LogP contribution is 2.36. The summed E-state index contributed by atoms with van der Waals surface area (Å²) in [4.78, 5) is 0. The largest absolute Gasteiger partial charge is 0.396 e. The van der Waals surface area contributed by atoms with Crippen LogP contribution < -0.4 is 5.32 Å². The second-order valence-corrected chi connectivity index (χ2v) is 5.53. The van der Waals surface area contributed by atoms with Gasteiger partial charge < -0.3 is 20.3 Å². The van der Waals surface area contributed by atoms with E-state index in [-0.39, 0.29) is 18.1 Å². The summed E-state index contributed by atoms with van der Waals surface area (Å²) in [5, 5.41) is 22.4. The van der Waals surface area contributed by atoms with Gasteiger partial charge in [-0.2, -0.15) is 0 Å². The lowest BCUT2D eigenvalue weighted by Crippen LogP contribution is -2.39. The Morgan fingerprint density at radius 3 is 2.47 bits per heavy atom. The highest BCUT2D eigenvalue weighted by atomic mass is 16.5. The van der Waals surface area contributed by atoms with Crippen LogP contribution in [0.2, 0.25) is 0 Å². The summed E-state index contributed by atoms with van der Waals surface area (Å²) in [6, 6.07) is 0. The van der Waals surface area contributed by atoms with Crippen molar-refractivity contribution in [3.05, 3.63) is 0 Å². The zero-order valence-electron chi connectivity index (χ0n) is 11.1. The first kappa shape index (κ1) is 14.9. The molecule has 0 saturated heterocycles. The molecule has 0 heterocycles. The number of nitrogens with one attached hydrogen (secondary N) is 1. The van der Waals surface area contributed by atoms with Crippen LogP contribution >= 0.6 is 0 Å². The molecule has 0 bridgehead atoms. The van der Waals surface area contributed by atoms with E-state index in [9.17, 15) is 10.2 Å². The average Bonchev–Trinajstić information content (AvgIpc) is 2.76. The average molecular weight is 245 g/mol. The molecular weight excluding hydrogens is 218 g/mol. The molecule has 0 amide bonds. The van der Waals surface area contributed by atoms with E-state index in [2.05, 4.69) is 5.32 Å². The molecule has 1 fully saturated rings. The molecule has 102 valence electrons. The van der Waals surface area contributed by atoms with Crippen molar-refractivity contribution in [2.75, 3.05) is 26.3 Å². The molecule has 1 rings (SSSR count). The molecule has 0 spiro atoms. The van der Waals surface area contributed by atoms with Gasteiger partial charge in [0.25, 0.3) is 0 Å². The van der Waals surface area contributed by atoms with Crippen molar-refractivity contribution in [1.29, 1.82) is 0 Å². The van der Waals surface area contributed by atoms with Gasteiger partial charge >= 0.3 is 0 Å². The van der Waals surface area contributed by atoms with Crippen LogP contribution in [-0.2, 0) is 4.74 Å². The minimum atomic E-state index is -0.463. The molecule has 1 saturated carbocycles. The Morgan fingerprint density at radius 1 is 1.29 bits per heavy atom. The van der Waals surface area contributed by atoms with Crippen LogP contribution in [0.1, 0.15) is 39.5 Å². The van der Waals surface area contributed by atoms with Crippen molar-refractivity contribution >= 4 is 0 Å². The fraction of sp³-hybridized carbons (Fsp3) is 1.00. The molecule has 3 N–H and O–H groups in total. The number of aliphatic hydroxyl groups is 2. The Labute approximate surface area is 104 Å². The van der Waals surface area contributed by atoms with Crippen molar-refractivity contribution in [2.45, 2.75) is 51.7 Å². The van der Waals surface area contributed by atoms with E-state index in [1.165, 1.54) is 12.8 Å². The van der Waals surface area contributed by atoms with Gasteiger partial charge in [0, 0.05) is 25.1 Å². The summed E-state index contributed by atoms with van der Waals surface area (Å²) >= 11 is 0. The normalized spacial score (nSPS) is 21.0. The van der Waals surface area contributed by atoms with E-state index < -0.39 is 6.10 Å². The van der Waals surface area contributed by atoms with Gasteiger partial charge in [0.05, 0.1) is 18.8 Å². The van der Waals surface area contributed by atoms with Crippen LogP contribution in [0.15, 0.2) is 0 Å². The van der Waals surface area contributed by atoms with Gasteiger partial charge in [-0.3, -0.25) is 0 Å². The van der Waals surface area contributed by atoms with Crippen molar-refractivity contribution < 1.29 is 14.9 Å². The lowest BCUT2D eigenvalue weighted by molar-refractivity contribution is 0.00473. The van der Waals surface area contributed by atoms with E-state index in [1.54, 1.807) is 0 Å². The zero-order chi connectivity index (χ0) is 12.7. The topological polar surface area (TPSA) is 61.7 Å². The van der Waals surface area contributed by atoms with Crippen LogP contribution in [-0.4, -0.2) is 48.7 Å². The van der Waals surface area contributed by atoms with Crippen LogP contribution in [0.25, 0.3) is 0 Å². The summed E-state index contributed by atoms with van der Waals surface area (Å²) < 4.78 is 5.34. The van der Waals surface area contributed by atoms with E-state index in [4.69, 9.17) is 4.74 Å². The van der Waals surface area contributed by atoms with Gasteiger partial charge in [-0.15, -0.1) is 0 Å². The number of ether oxygens (including phenoxy) is 1. The first-order chi connectivity index (χ1) is 8.08. The van der Waals surface area contributed by atoms with Crippen LogP contribution in [0.5, 0.6) is 0 Å². The highest BCUT2D eigenvalue weighted by Gasteiger charge is 2.32. The number of rotatable bonds is 8. The summed E-state index contributed by atoms with van der Waals surface area (Å²) in [6.07, 6.45) is 4.30. The lowest BCUT2D eigenvalue weighted by atomic mass is 9.87. The van der Waals surface area contributed by atoms with Gasteiger partial charge in [0.2, 0.25) is 0 Å².